The van der Waals surface area contributed by atoms with E-state index in [1.54, 1.807) is 0 Å². The zero-order valence-electron chi connectivity index (χ0n) is 17.9. The summed E-state index contributed by atoms with van der Waals surface area (Å²) in [4.78, 5) is 13.5. The minimum atomic E-state index is -0.0328. The number of aryl methyl sites for hydroxylation is 1. The van der Waals surface area contributed by atoms with Gasteiger partial charge in [-0.2, -0.15) is 0 Å². The molecular weight excluding hydrogens is 532 g/mol. The standard InChI is InChI=1S/C27H24Br2O3/c1-2-3-9-24-26(27(30)19-14-20(28)16-21(29)15-19)23-11-10-22(17-25(23)32-24)31-13-12-18-7-5-4-6-8-18/h4-8,10-11,14-17H,2-3,9,12-13H2,1H3. The van der Waals surface area contributed by atoms with Gasteiger partial charge in [0.15, 0.2) is 5.78 Å². The lowest BCUT2D eigenvalue weighted by Crippen LogP contribution is -2.04. The first kappa shape index (κ1) is 22.8. The first-order valence-corrected chi connectivity index (χ1v) is 12.4. The van der Waals surface area contributed by atoms with Crippen molar-refractivity contribution in [1.29, 1.82) is 0 Å². The van der Waals surface area contributed by atoms with Crippen molar-refractivity contribution in [1.82, 2.24) is 0 Å². The number of halogens is 2. The van der Waals surface area contributed by atoms with Crippen LogP contribution in [0, 0.1) is 0 Å². The number of benzene rings is 3. The van der Waals surface area contributed by atoms with Gasteiger partial charge in [-0.05, 0) is 42.3 Å². The molecular formula is C27H24Br2O3. The Kier molecular flexibility index (Phi) is 7.48. The average molecular weight is 556 g/mol. The van der Waals surface area contributed by atoms with Gasteiger partial charge in [0.1, 0.15) is 17.1 Å². The van der Waals surface area contributed by atoms with Gasteiger partial charge in [0, 0.05) is 38.8 Å². The summed E-state index contributed by atoms with van der Waals surface area (Å²) in [6.07, 6.45) is 3.55. The van der Waals surface area contributed by atoms with Crippen molar-refractivity contribution in [2.45, 2.75) is 32.6 Å². The Morgan fingerprint density at radius 1 is 0.938 bits per heavy atom. The van der Waals surface area contributed by atoms with Gasteiger partial charge < -0.3 is 9.15 Å². The quantitative estimate of drug-likeness (QED) is 0.196. The Bertz CT molecular complexity index is 1210. The van der Waals surface area contributed by atoms with Crippen molar-refractivity contribution >= 4 is 48.6 Å². The fourth-order valence-corrected chi connectivity index (χ4v) is 5.03. The molecule has 0 bridgehead atoms. The third kappa shape index (κ3) is 5.33. The molecule has 4 aromatic rings. The van der Waals surface area contributed by atoms with Crippen molar-refractivity contribution in [3.05, 3.63) is 98.1 Å². The molecule has 0 saturated carbocycles. The highest BCUT2D eigenvalue weighted by Crippen LogP contribution is 2.33. The topological polar surface area (TPSA) is 39.4 Å². The Hall–Kier alpha value is -2.37. The van der Waals surface area contributed by atoms with E-state index < -0.39 is 0 Å². The van der Waals surface area contributed by atoms with Gasteiger partial charge in [-0.1, -0.05) is 75.5 Å². The molecule has 0 aliphatic rings. The largest absolute Gasteiger partial charge is 0.493 e. The second-order valence-corrected chi connectivity index (χ2v) is 9.56. The van der Waals surface area contributed by atoms with Crippen LogP contribution in [0.25, 0.3) is 11.0 Å². The van der Waals surface area contributed by atoms with Crippen molar-refractivity contribution in [3.63, 3.8) is 0 Å². The van der Waals surface area contributed by atoms with Crippen LogP contribution < -0.4 is 4.74 Å². The predicted octanol–water partition coefficient (Wildman–Crippen LogP) is 8.15. The zero-order chi connectivity index (χ0) is 22.5. The van der Waals surface area contributed by atoms with Crippen LogP contribution in [-0.4, -0.2) is 12.4 Å². The van der Waals surface area contributed by atoms with Crippen molar-refractivity contribution < 1.29 is 13.9 Å². The molecule has 0 spiro atoms. The molecule has 0 aliphatic carbocycles. The van der Waals surface area contributed by atoms with E-state index in [1.165, 1.54) is 5.56 Å². The Morgan fingerprint density at radius 2 is 1.69 bits per heavy atom. The summed E-state index contributed by atoms with van der Waals surface area (Å²) in [5, 5.41) is 0.826. The van der Waals surface area contributed by atoms with Gasteiger partial charge in [-0.25, -0.2) is 0 Å². The van der Waals surface area contributed by atoms with Gasteiger partial charge in [-0.15, -0.1) is 0 Å². The zero-order valence-corrected chi connectivity index (χ0v) is 21.0. The third-order valence-corrected chi connectivity index (χ3v) is 6.26. The first-order valence-electron chi connectivity index (χ1n) is 10.8. The SMILES string of the molecule is CCCCc1oc2cc(OCCc3ccccc3)ccc2c1C(=O)c1cc(Br)cc(Br)c1. The molecule has 4 rings (SSSR count). The normalized spacial score (nSPS) is 11.1. The van der Waals surface area contributed by atoms with Crippen LogP contribution in [0.15, 0.2) is 80.1 Å². The Labute approximate surface area is 205 Å². The minimum Gasteiger partial charge on any atom is -0.493 e. The molecule has 0 fully saturated rings. The fourth-order valence-electron chi connectivity index (χ4n) is 3.74. The molecule has 5 heteroatoms. The summed E-state index contributed by atoms with van der Waals surface area (Å²) in [7, 11) is 0. The maximum atomic E-state index is 13.5. The average Bonchev–Trinajstić information content (AvgIpc) is 3.14. The smallest absolute Gasteiger partial charge is 0.197 e. The lowest BCUT2D eigenvalue weighted by molar-refractivity contribution is 0.103. The van der Waals surface area contributed by atoms with Gasteiger partial charge in [0.05, 0.1) is 12.2 Å². The minimum absolute atomic E-state index is 0.0328. The van der Waals surface area contributed by atoms with Crippen LogP contribution in [-0.2, 0) is 12.8 Å². The molecule has 0 N–H and O–H groups in total. The summed E-state index contributed by atoms with van der Waals surface area (Å²) in [6, 6.07) is 21.6. The summed E-state index contributed by atoms with van der Waals surface area (Å²) < 4.78 is 13.9. The maximum absolute atomic E-state index is 13.5. The van der Waals surface area contributed by atoms with Gasteiger partial charge in [0.2, 0.25) is 0 Å². The molecule has 0 radical (unpaired) electrons. The summed E-state index contributed by atoms with van der Waals surface area (Å²) in [5.41, 5.74) is 3.19. The van der Waals surface area contributed by atoms with E-state index in [0.717, 1.165) is 51.5 Å². The number of ketones is 1. The second kappa shape index (κ2) is 10.5. The Morgan fingerprint density at radius 3 is 2.41 bits per heavy atom. The van der Waals surface area contributed by atoms with E-state index in [4.69, 9.17) is 9.15 Å². The molecule has 32 heavy (non-hydrogen) atoms. The lowest BCUT2D eigenvalue weighted by atomic mass is 9.98. The lowest BCUT2D eigenvalue weighted by Gasteiger charge is -2.07. The molecule has 0 amide bonds. The summed E-state index contributed by atoms with van der Waals surface area (Å²) in [6.45, 7) is 2.71. The third-order valence-electron chi connectivity index (χ3n) is 5.35. The van der Waals surface area contributed by atoms with Crippen LogP contribution in [0.4, 0.5) is 0 Å². The number of furan rings is 1. The van der Waals surface area contributed by atoms with Crippen LogP contribution >= 0.6 is 31.9 Å². The van der Waals surface area contributed by atoms with E-state index in [-0.39, 0.29) is 5.78 Å². The molecule has 0 atom stereocenters. The molecule has 0 aliphatic heterocycles. The second-order valence-electron chi connectivity index (χ2n) is 7.73. The number of rotatable bonds is 9. The van der Waals surface area contributed by atoms with Crippen LogP contribution in [0.3, 0.4) is 0 Å². The number of carbonyl (C=O) groups is 1. The molecule has 3 aromatic carbocycles. The summed E-state index contributed by atoms with van der Waals surface area (Å²) >= 11 is 6.97. The first-order chi connectivity index (χ1) is 15.5. The molecule has 164 valence electrons. The number of carbonyl (C=O) groups excluding carboxylic acids is 1. The van der Waals surface area contributed by atoms with Crippen LogP contribution in [0.2, 0.25) is 0 Å². The van der Waals surface area contributed by atoms with E-state index in [1.807, 2.05) is 54.6 Å². The van der Waals surface area contributed by atoms with Gasteiger partial charge in [0.25, 0.3) is 0 Å². The van der Waals surface area contributed by atoms with Crippen molar-refractivity contribution in [2.24, 2.45) is 0 Å². The molecule has 0 saturated heterocycles. The molecule has 1 aromatic heterocycles. The number of hydrogen-bond acceptors (Lipinski definition) is 3. The Balaban J connectivity index is 1.63. The number of unbranched alkanes of at least 4 members (excludes halogenated alkanes) is 1. The molecule has 0 unspecified atom stereocenters. The summed E-state index contributed by atoms with van der Waals surface area (Å²) in [5.74, 6) is 1.45. The van der Waals surface area contributed by atoms with Crippen LogP contribution in [0.5, 0.6) is 5.75 Å². The van der Waals surface area contributed by atoms with E-state index >= 15 is 0 Å². The highest BCUT2D eigenvalue weighted by atomic mass is 79.9. The maximum Gasteiger partial charge on any atom is 0.197 e. The highest BCUT2D eigenvalue weighted by molar-refractivity contribution is 9.11. The highest BCUT2D eigenvalue weighted by Gasteiger charge is 2.22. The van der Waals surface area contributed by atoms with Crippen molar-refractivity contribution in [3.8, 4) is 5.75 Å². The number of fused-ring (bicyclic) bond motifs is 1. The number of hydrogen-bond donors (Lipinski definition) is 0. The van der Waals surface area contributed by atoms with Crippen LogP contribution in [0.1, 0.15) is 47.0 Å². The molecule has 3 nitrogen and oxygen atoms in total. The fraction of sp³-hybridized carbons (Fsp3) is 0.222. The number of ether oxygens (including phenoxy) is 1. The van der Waals surface area contributed by atoms with E-state index in [2.05, 4.69) is 50.9 Å². The molecule has 1 heterocycles. The van der Waals surface area contributed by atoms with Gasteiger partial charge >= 0.3 is 0 Å². The van der Waals surface area contributed by atoms with E-state index in [0.29, 0.717) is 23.3 Å². The monoisotopic (exact) mass is 554 g/mol. The predicted molar refractivity (Wildman–Crippen MR) is 136 cm³/mol. The van der Waals surface area contributed by atoms with Crippen molar-refractivity contribution in [2.75, 3.05) is 6.61 Å². The van der Waals surface area contributed by atoms with E-state index in [9.17, 15) is 4.79 Å². The van der Waals surface area contributed by atoms with Gasteiger partial charge in [-0.3, -0.25) is 4.79 Å².